The Balaban J connectivity index is 2.57. The van der Waals surface area contributed by atoms with Crippen molar-refractivity contribution in [1.29, 1.82) is 0 Å². The van der Waals surface area contributed by atoms with E-state index >= 15 is 0 Å². The van der Waals surface area contributed by atoms with Crippen LogP contribution >= 0.6 is 0 Å². The summed E-state index contributed by atoms with van der Waals surface area (Å²) in [6.45, 7) is 1.50. The van der Waals surface area contributed by atoms with Crippen molar-refractivity contribution in [3.05, 3.63) is 28.8 Å². The molecule has 0 amide bonds. The average molecular weight is 207 g/mol. The average Bonchev–Trinajstić information content (AvgIpc) is 2.27. The third kappa shape index (κ3) is 1.68. The van der Waals surface area contributed by atoms with Gasteiger partial charge < -0.3 is 15.2 Å². The molecule has 0 radical (unpaired) electrons. The first kappa shape index (κ1) is 9.98. The Morgan fingerprint density at radius 3 is 2.93 bits per heavy atom. The summed E-state index contributed by atoms with van der Waals surface area (Å²) >= 11 is 0. The Labute approximate surface area is 87.9 Å². The highest BCUT2D eigenvalue weighted by Gasteiger charge is 2.20. The van der Waals surface area contributed by atoms with Crippen molar-refractivity contribution >= 4 is 5.97 Å². The third-order valence-corrected chi connectivity index (χ3v) is 2.69. The summed E-state index contributed by atoms with van der Waals surface area (Å²) in [5.41, 5.74) is 2.27. The van der Waals surface area contributed by atoms with Crippen LogP contribution in [0.15, 0.2) is 12.1 Å². The van der Waals surface area contributed by atoms with E-state index in [1.807, 2.05) is 0 Å². The number of hydrogen-bond donors (Lipinski definition) is 2. The van der Waals surface area contributed by atoms with E-state index in [0.717, 1.165) is 29.8 Å². The molecule has 1 aliphatic rings. The fourth-order valence-corrected chi connectivity index (χ4v) is 1.97. The summed E-state index contributed by atoms with van der Waals surface area (Å²) in [5.74, 6) is -0.0991. The van der Waals surface area contributed by atoms with Crippen molar-refractivity contribution in [3.63, 3.8) is 0 Å². The fourth-order valence-electron chi connectivity index (χ4n) is 1.97. The van der Waals surface area contributed by atoms with Crippen LogP contribution < -0.4 is 10.1 Å². The fraction of sp³-hybridized carbons (Fsp3) is 0.364. The van der Waals surface area contributed by atoms with E-state index in [9.17, 15) is 4.79 Å². The van der Waals surface area contributed by atoms with Crippen molar-refractivity contribution in [3.8, 4) is 5.75 Å². The number of methoxy groups -OCH3 is 1. The van der Waals surface area contributed by atoms with Gasteiger partial charge in [0.2, 0.25) is 0 Å². The van der Waals surface area contributed by atoms with Crippen molar-refractivity contribution in [1.82, 2.24) is 5.32 Å². The van der Waals surface area contributed by atoms with Crippen LogP contribution in [0.2, 0.25) is 0 Å². The normalized spacial score (nSPS) is 14.5. The molecule has 0 atom stereocenters. The first-order valence-electron chi connectivity index (χ1n) is 4.87. The molecule has 0 fully saturated rings. The second-order valence-corrected chi connectivity index (χ2v) is 3.50. The zero-order valence-corrected chi connectivity index (χ0v) is 8.54. The molecule has 4 nitrogen and oxygen atoms in total. The number of rotatable bonds is 2. The highest BCUT2D eigenvalue weighted by Crippen LogP contribution is 2.27. The van der Waals surface area contributed by atoms with Gasteiger partial charge in [-0.2, -0.15) is 0 Å². The molecule has 0 aromatic heterocycles. The van der Waals surface area contributed by atoms with Crippen LogP contribution in [0.1, 0.15) is 21.5 Å². The van der Waals surface area contributed by atoms with E-state index in [-0.39, 0.29) is 0 Å². The van der Waals surface area contributed by atoms with Gasteiger partial charge in [0.25, 0.3) is 0 Å². The Bertz CT molecular complexity index is 401. The molecule has 0 spiro atoms. The van der Waals surface area contributed by atoms with Gasteiger partial charge in [0, 0.05) is 12.1 Å². The molecule has 0 bridgehead atoms. The number of hydrogen-bond acceptors (Lipinski definition) is 3. The van der Waals surface area contributed by atoms with E-state index in [4.69, 9.17) is 9.84 Å². The van der Waals surface area contributed by atoms with Crippen LogP contribution in [0.5, 0.6) is 5.75 Å². The van der Waals surface area contributed by atoms with Gasteiger partial charge in [-0.1, -0.05) is 0 Å². The molecule has 1 aromatic carbocycles. The minimum Gasteiger partial charge on any atom is -0.496 e. The molecule has 0 saturated heterocycles. The van der Waals surface area contributed by atoms with Crippen LogP contribution in [0, 0.1) is 0 Å². The van der Waals surface area contributed by atoms with Crippen LogP contribution in [0.25, 0.3) is 0 Å². The minimum atomic E-state index is -0.865. The number of aromatic carboxylic acids is 1. The zero-order chi connectivity index (χ0) is 10.8. The van der Waals surface area contributed by atoms with E-state index in [0.29, 0.717) is 12.1 Å². The Morgan fingerprint density at radius 2 is 2.27 bits per heavy atom. The quantitative estimate of drug-likeness (QED) is 0.760. The zero-order valence-electron chi connectivity index (χ0n) is 8.54. The SMILES string of the molecule is COc1ccc(C(=O)O)c2c1CNCC2. The maximum absolute atomic E-state index is 11.0. The van der Waals surface area contributed by atoms with E-state index in [2.05, 4.69) is 5.32 Å². The van der Waals surface area contributed by atoms with Crippen LogP contribution in [0.4, 0.5) is 0 Å². The second-order valence-electron chi connectivity index (χ2n) is 3.50. The van der Waals surface area contributed by atoms with Crippen molar-refractivity contribution in [2.45, 2.75) is 13.0 Å². The monoisotopic (exact) mass is 207 g/mol. The molecule has 80 valence electrons. The predicted octanol–water partition coefficient (Wildman–Crippen LogP) is 1.04. The van der Waals surface area contributed by atoms with Gasteiger partial charge in [0.15, 0.2) is 0 Å². The molecule has 15 heavy (non-hydrogen) atoms. The lowest BCUT2D eigenvalue weighted by Crippen LogP contribution is -2.26. The Kier molecular flexibility index (Phi) is 2.60. The summed E-state index contributed by atoms with van der Waals surface area (Å²) in [4.78, 5) is 11.0. The number of carbonyl (C=O) groups is 1. The summed E-state index contributed by atoms with van der Waals surface area (Å²) in [5, 5.41) is 12.3. The molecule has 0 aliphatic carbocycles. The number of benzene rings is 1. The summed E-state index contributed by atoms with van der Waals surface area (Å²) < 4.78 is 5.21. The first-order valence-corrected chi connectivity index (χ1v) is 4.87. The van der Waals surface area contributed by atoms with Gasteiger partial charge in [-0.3, -0.25) is 0 Å². The van der Waals surface area contributed by atoms with Gasteiger partial charge in [-0.15, -0.1) is 0 Å². The van der Waals surface area contributed by atoms with Gasteiger partial charge in [-0.05, 0) is 30.7 Å². The van der Waals surface area contributed by atoms with Crippen LogP contribution in [0.3, 0.4) is 0 Å². The Hall–Kier alpha value is -1.55. The highest BCUT2D eigenvalue weighted by molar-refractivity contribution is 5.90. The van der Waals surface area contributed by atoms with E-state index < -0.39 is 5.97 Å². The van der Waals surface area contributed by atoms with E-state index in [1.54, 1.807) is 19.2 Å². The van der Waals surface area contributed by atoms with Crippen LogP contribution in [-0.4, -0.2) is 24.7 Å². The topological polar surface area (TPSA) is 58.6 Å². The smallest absolute Gasteiger partial charge is 0.335 e. The number of nitrogens with one attached hydrogen (secondary N) is 1. The summed E-state index contributed by atoms with van der Waals surface area (Å²) in [7, 11) is 1.60. The Morgan fingerprint density at radius 1 is 1.47 bits per heavy atom. The molecular weight excluding hydrogens is 194 g/mol. The molecular formula is C11H13NO3. The van der Waals surface area contributed by atoms with E-state index in [1.165, 1.54) is 0 Å². The second kappa shape index (κ2) is 3.90. The van der Waals surface area contributed by atoms with Crippen LogP contribution in [-0.2, 0) is 13.0 Å². The largest absolute Gasteiger partial charge is 0.496 e. The van der Waals surface area contributed by atoms with Gasteiger partial charge >= 0.3 is 5.97 Å². The number of carboxylic acids is 1. The van der Waals surface area contributed by atoms with Gasteiger partial charge in [0.05, 0.1) is 12.7 Å². The number of fused-ring (bicyclic) bond motifs is 1. The molecule has 1 aromatic rings. The standard InChI is InChI=1S/C11H13NO3/c1-15-10-3-2-8(11(13)14)7-4-5-12-6-9(7)10/h2-3,12H,4-6H2,1H3,(H,13,14). The molecule has 0 unspecified atom stereocenters. The maximum atomic E-state index is 11.0. The minimum absolute atomic E-state index is 0.396. The maximum Gasteiger partial charge on any atom is 0.335 e. The molecule has 1 aliphatic heterocycles. The molecule has 2 N–H and O–H groups in total. The van der Waals surface area contributed by atoms with Gasteiger partial charge in [-0.25, -0.2) is 4.79 Å². The lowest BCUT2D eigenvalue weighted by Gasteiger charge is -2.21. The number of ether oxygens (including phenoxy) is 1. The lowest BCUT2D eigenvalue weighted by molar-refractivity contribution is 0.0695. The lowest BCUT2D eigenvalue weighted by atomic mass is 9.94. The summed E-state index contributed by atoms with van der Waals surface area (Å²) in [6.07, 6.45) is 0.744. The van der Waals surface area contributed by atoms with Gasteiger partial charge in [0.1, 0.15) is 5.75 Å². The third-order valence-electron chi connectivity index (χ3n) is 2.69. The molecule has 4 heteroatoms. The summed E-state index contributed by atoms with van der Waals surface area (Å²) in [6, 6.07) is 3.33. The van der Waals surface area contributed by atoms with Crippen molar-refractivity contribution in [2.24, 2.45) is 0 Å². The highest BCUT2D eigenvalue weighted by atomic mass is 16.5. The van der Waals surface area contributed by atoms with Crippen molar-refractivity contribution < 1.29 is 14.6 Å². The molecule has 2 rings (SSSR count). The predicted molar refractivity (Wildman–Crippen MR) is 55.4 cm³/mol. The first-order chi connectivity index (χ1) is 7.24. The number of carboxylic acid groups (broad SMARTS) is 1. The van der Waals surface area contributed by atoms with Crippen molar-refractivity contribution in [2.75, 3.05) is 13.7 Å². The molecule has 1 heterocycles. The molecule has 0 saturated carbocycles.